The predicted molar refractivity (Wildman–Crippen MR) is 238 cm³/mol. The quantitative estimate of drug-likeness (QED) is 0.0266. The van der Waals surface area contributed by atoms with Crippen molar-refractivity contribution in [2.75, 3.05) is 26.4 Å². The van der Waals surface area contributed by atoms with Crippen LogP contribution in [0.4, 0.5) is 0 Å². The van der Waals surface area contributed by atoms with Crippen LogP contribution >= 0.6 is 7.82 Å². The Balaban J connectivity index is 4.01. The molecule has 0 radical (unpaired) electrons. The Kier molecular flexibility index (Phi) is 43.3. The number of esters is 2. The van der Waals surface area contributed by atoms with Gasteiger partial charge in [-0.1, -0.05) is 212 Å². The van der Waals surface area contributed by atoms with E-state index in [1.54, 1.807) is 0 Å². The molecule has 0 aliphatic carbocycles. The molecule has 338 valence electrons. The van der Waals surface area contributed by atoms with E-state index in [1.165, 1.54) is 173 Å². The van der Waals surface area contributed by atoms with Crippen molar-refractivity contribution in [2.24, 2.45) is 5.73 Å². The molecule has 0 saturated heterocycles. The third-order valence-corrected chi connectivity index (χ3v) is 11.6. The molecule has 0 bridgehead atoms. The number of hydrogen-bond acceptors (Lipinski definition) is 8. The first-order valence-corrected chi connectivity index (χ1v) is 25.7. The molecular weight excluding hydrogens is 737 g/mol. The molecule has 3 N–H and O–H groups in total. The minimum Gasteiger partial charge on any atom is -0.462 e. The highest BCUT2D eigenvalue weighted by Gasteiger charge is 2.26. The fourth-order valence-electron chi connectivity index (χ4n) is 7.03. The van der Waals surface area contributed by atoms with Crippen molar-refractivity contribution in [1.29, 1.82) is 0 Å². The molecule has 9 nitrogen and oxygen atoms in total. The summed E-state index contributed by atoms with van der Waals surface area (Å²) >= 11 is 0. The predicted octanol–water partition coefficient (Wildman–Crippen LogP) is 14.2. The molecule has 0 fully saturated rings. The molecule has 0 aliphatic rings. The van der Waals surface area contributed by atoms with Crippen molar-refractivity contribution in [1.82, 2.24) is 0 Å². The van der Waals surface area contributed by atoms with E-state index in [1.807, 2.05) is 0 Å². The highest BCUT2D eigenvalue weighted by Crippen LogP contribution is 2.43. The summed E-state index contributed by atoms with van der Waals surface area (Å²) in [6.07, 6.45) is 46.7. The topological polar surface area (TPSA) is 134 Å². The minimum atomic E-state index is -4.37. The lowest BCUT2D eigenvalue weighted by Gasteiger charge is -2.19. The second-order valence-corrected chi connectivity index (χ2v) is 17.8. The van der Waals surface area contributed by atoms with Gasteiger partial charge in [-0.05, 0) is 32.1 Å². The van der Waals surface area contributed by atoms with Gasteiger partial charge in [0, 0.05) is 19.4 Å². The van der Waals surface area contributed by atoms with E-state index < -0.39 is 26.5 Å². The zero-order valence-corrected chi connectivity index (χ0v) is 38.2. The maximum absolute atomic E-state index is 12.6. The summed E-state index contributed by atoms with van der Waals surface area (Å²) in [6.45, 7) is 3.75. The summed E-state index contributed by atoms with van der Waals surface area (Å²) in [5.41, 5.74) is 5.36. The monoisotopic (exact) mass is 830 g/mol. The molecule has 0 aromatic rings. The average molecular weight is 830 g/mol. The van der Waals surface area contributed by atoms with Crippen LogP contribution in [-0.4, -0.2) is 49.3 Å². The molecule has 0 aromatic heterocycles. The van der Waals surface area contributed by atoms with Crippen molar-refractivity contribution in [3.63, 3.8) is 0 Å². The minimum absolute atomic E-state index is 0.0561. The number of rotatable bonds is 46. The zero-order chi connectivity index (χ0) is 41.8. The lowest BCUT2D eigenvalue weighted by atomic mass is 10.0. The maximum atomic E-state index is 12.6. The first-order chi connectivity index (χ1) is 27.8. The molecule has 0 heterocycles. The highest BCUT2D eigenvalue weighted by molar-refractivity contribution is 7.47. The number of hydrogen-bond donors (Lipinski definition) is 2. The van der Waals surface area contributed by atoms with Crippen molar-refractivity contribution < 1.29 is 37.6 Å². The van der Waals surface area contributed by atoms with E-state index in [0.29, 0.717) is 6.42 Å². The number of phosphoric ester groups is 1. The molecule has 0 aliphatic heterocycles. The van der Waals surface area contributed by atoms with Crippen LogP contribution < -0.4 is 5.73 Å². The van der Waals surface area contributed by atoms with E-state index in [9.17, 15) is 19.0 Å². The summed E-state index contributed by atoms with van der Waals surface area (Å²) in [5, 5.41) is 0. The second-order valence-electron chi connectivity index (χ2n) is 16.3. The lowest BCUT2D eigenvalue weighted by molar-refractivity contribution is -0.161. The normalized spacial score (nSPS) is 13.3. The van der Waals surface area contributed by atoms with Gasteiger partial charge in [0.05, 0.1) is 13.2 Å². The molecule has 0 amide bonds. The van der Waals surface area contributed by atoms with Crippen LogP contribution in [0.25, 0.3) is 0 Å². The van der Waals surface area contributed by atoms with Crippen molar-refractivity contribution >= 4 is 19.8 Å². The summed E-state index contributed by atoms with van der Waals surface area (Å²) < 4.78 is 32.9. The molecule has 0 spiro atoms. The van der Waals surface area contributed by atoms with Gasteiger partial charge in [-0.3, -0.25) is 18.6 Å². The molecule has 10 heteroatoms. The first kappa shape index (κ1) is 55.8. The van der Waals surface area contributed by atoms with E-state index in [-0.39, 0.29) is 38.6 Å². The van der Waals surface area contributed by atoms with Crippen LogP contribution in [0, 0.1) is 0 Å². The van der Waals surface area contributed by atoms with Crippen LogP contribution in [0.15, 0.2) is 12.2 Å². The van der Waals surface area contributed by atoms with Crippen LogP contribution in [-0.2, 0) is 32.7 Å². The van der Waals surface area contributed by atoms with Gasteiger partial charge in [0.1, 0.15) is 6.61 Å². The number of phosphoric acid groups is 1. The Morgan fingerprint density at radius 3 is 1.30 bits per heavy atom. The van der Waals surface area contributed by atoms with Crippen molar-refractivity contribution in [2.45, 2.75) is 251 Å². The van der Waals surface area contributed by atoms with Crippen LogP contribution in [0.2, 0.25) is 0 Å². The van der Waals surface area contributed by atoms with Gasteiger partial charge < -0.3 is 20.1 Å². The SMILES string of the molecule is CCCC/C=C/CCCCCCCCCCCC(=O)O[C@@H](COC(=O)CCCCCCCCCCCCCCCCCCCCCCC)COP(=O)(O)OCCN. The molecule has 2 atom stereocenters. The fourth-order valence-corrected chi connectivity index (χ4v) is 7.79. The fraction of sp³-hybridized carbons (Fsp3) is 0.915. The number of carbonyl (C=O) groups excluding carboxylic acids is 2. The Labute approximate surface area is 351 Å². The number of unbranched alkanes of at least 4 members (excludes halogenated alkanes) is 31. The van der Waals surface area contributed by atoms with Gasteiger partial charge in [0.2, 0.25) is 0 Å². The summed E-state index contributed by atoms with van der Waals surface area (Å²) in [4.78, 5) is 35.0. The van der Waals surface area contributed by atoms with E-state index in [0.717, 1.165) is 38.5 Å². The molecule has 0 saturated carbocycles. The number of nitrogens with two attached hydrogens (primary N) is 1. The average Bonchev–Trinajstić information content (AvgIpc) is 3.20. The molecular formula is C47H92NO8P. The lowest BCUT2D eigenvalue weighted by Crippen LogP contribution is -2.29. The summed E-state index contributed by atoms with van der Waals surface area (Å²) in [5.74, 6) is -0.817. The number of ether oxygens (including phenoxy) is 2. The Morgan fingerprint density at radius 1 is 0.509 bits per heavy atom. The standard InChI is InChI=1S/C47H92NO8P/c1-3-5-7-9-11-13-15-17-19-20-21-22-23-24-26-27-29-31-33-35-37-39-46(49)53-43-45(44-55-57(51,52)54-42-41-48)56-47(50)40-38-36-34-32-30-28-25-18-16-14-12-10-8-6-4-2/h10,12,45H,3-9,11,13-44,48H2,1-2H3,(H,51,52)/b12-10+/t45-/m0/s1. The molecule has 0 aromatic carbocycles. The van der Waals surface area contributed by atoms with Gasteiger partial charge in [-0.25, -0.2) is 4.57 Å². The number of allylic oxidation sites excluding steroid dienone is 2. The van der Waals surface area contributed by atoms with Crippen LogP contribution in [0.1, 0.15) is 245 Å². The Bertz CT molecular complexity index is 948. The van der Waals surface area contributed by atoms with Crippen molar-refractivity contribution in [3.05, 3.63) is 12.2 Å². The van der Waals surface area contributed by atoms with E-state index in [2.05, 4.69) is 26.0 Å². The van der Waals surface area contributed by atoms with Crippen molar-refractivity contribution in [3.8, 4) is 0 Å². The van der Waals surface area contributed by atoms with Gasteiger partial charge in [0.15, 0.2) is 6.10 Å². The summed E-state index contributed by atoms with van der Waals surface area (Å²) in [6, 6.07) is 0. The van der Waals surface area contributed by atoms with Gasteiger partial charge in [0.25, 0.3) is 0 Å². The Hall–Kier alpha value is -1.25. The molecule has 0 rings (SSSR count). The third kappa shape index (κ3) is 44.1. The largest absolute Gasteiger partial charge is 0.472 e. The second kappa shape index (κ2) is 44.3. The van der Waals surface area contributed by atoms with Crippen LogP contribution in [0.3, 0.4) is 0 Å². The van der Waals surface area contributed by atoms with E-state index >= 15 is 0 Å². The summed E-state index contributed by atoms with van der Waals surface area (Å²) in [7, 11) is -4.37. The molecule has 57 heavy (non-hydrogen) atoms. The first-order valence-electron chi connectivity index (χ1n) is 24.2. The van der Waals surface area contributed by atoms with Gasteiger partial charge in [-0.2, -0.15) is 0 Å². The van der Waals surface area contributed by atoms with Gasteiger partial charge >= 0.3 is 19.8 Å². The molecule has 1 unspecified atom stereocenters. The zero-order valence-electron chi connectivity index (χ0n) is 37.3. The Morgan fingerprint density at radius 2 is 0.877 bits per heavy atom. The van der Waals surface area contributed by atoms with Gasteiger partial charge in [-0.15, -0.1) is 0 Å². The third-order valence-electron chi connectivity index (χ3n) is 10.7. The highest BCUT2D eigenvalue weighted by atomic mass is 31.2. The number of carbonyl (C=O) groups is 2. The maximum Gasteiger partial charge on any atom is 0.472 e. The van der Waals surface area contributed by atoms with Crippen LogP contribution in [0.5, 0.6) is 0 Å². The van der Waals surface area contributed by atoms with E-state index in [4.69, 9.17) is 24.3 Å². The smallest absolute Gasteiger partial charge is 0.462 e.